The van der Waals surface area contributed by atoms with E-state index < -0.39 is 42.4 Å². The number of hydrogen-bond donors (Lipinski definition) is 1. The molecule has 0 saturated carbocycles. The van der Waals surface area contributed by atoms with E-state index in [4.69, 9.17) is 49.1 Å². The van der Waals surface area contributed by atoms with E-state index in [1.165, 1.54) is 31.4 Å². The molecule has 0 bridgehead atoms. The normalized spacial score (nSPS) is 17.5. The lowest BCUT2D eigenvalue weighted by Gasteiger charge is -2.30. The molecule has 0 aromatic heterocycles. The van der Waals surface area contributed by atoms with E-state index in [-0.39, 0.29) is 37.6 Å². The number of oxime groups is 1. The van der Waals surface area contributed by atoms with E-state index in [0.717, 1.165) is 17.1 Å². The first-order valence-corrected chi connectivity index (χ1v) is 12.1. The SMILES string of the molecule is COCC(=O)NN(C(=O)OC(C)(C)C)c1cc(C2=NOC(c3cc(Cl)cc(Cl)c3)(C(F)(F)F)C2)ccc1Cl. The number of alkyl halides is 3. The second kappa shape index (κ2) is 11.2. The number of hydrazine groups is 1. The smallest absolute Gasteiger partial charge is 0.435 e. The summed E-state index contributed by atoms with van der Waals surface area (Å²) in [6.45, 7) is 4.44. The van der Waals surface area contributed by atoms with Gasteiger partial charge in [0.25, 0.3) is 11.5 Å². The van der Waals surface area contributed by atoms with E-state index in [1.54, 1.807) is 20.8 Å². The lowest BCUT2D eigenvalue weighted by atomic mass is 9.86. The van der Waals surface area contributed by atoms with E-state index in [1.807, 2.05) is 0 Å². The molecule has 2 amide bonds. The molecule has 0 saturated heterocycles. The fourth-order valence-corrected chi connectivity index (χ4v) is 4.24. The zero-order valence-electron chi connectivity index (χ0n) is 20.6. The molecule has 1 unspecified atom stereocenters. The zero-order chi connectivity index (χ0) is 28.5. The molecule has 38 heavy (non-hydrogen) atoms. The molecule has 206 valence electrons. The number of amides is 2. The van der Waals surface area contributed by atoms with Gasteiger partial charge in [-0.05, 0) is 51.1 Å². The molecule has 1 aliphatic rings. The molecule has 2 aromatic rings. The Labute approximate surface area is 231 Å². The highest BCUT2D eigenvalue weighted by atomic mass is 35.5. The van der Waals surface area contributed by atoms with Gasteiger partial charge in [0.2, 0.25) is 0 Å². The largest absolute Gasteiger partial charge is 0.442 e. The maximum atomic E-state index is 14.4. The Kier molecular flexibility index (Phi) is 8.77. The van der Waals surface area contributed by atoms with Crippen molar-refractivity contribution in [1.82, 2.24) is 5.43 Å². The minimum atomic E-state index is -4.90. The van der Waals surface area contributed by atoms with Crippen molar-refractivity contribution in [2.24, 2.45) is 5.16 Å². The second-order valence-electron chi connectivity index (χ2n) is 9.24. The average Bonchev–Trinajstić information content (AvgIpc) is 3.23. The van der Waals surface area contributed by atoms with Gasteiger partial charge in [0.1, 0.15) is 12.2 Å². The van der Waals surface area contributed by atoms with Gasteiger partial charge in [0.15, 0.2) is 0 Å². The summed E-state index contributed by atoms with van der Waals surface area (Å²) < 4.78 is 53.3. The third-order valence-electron chi connectivity index (χ3n) is 5.12. The molecule has 8 nitrogen and oxygen atoms in total. The van der Waals surface area contributed by atoms with Crippen molar-refractivity contribution < 1.29 is 37.1 Å². The maximum absolute atomic E-state index is 14.4. The zero-order valence-corrected chi connectivity index (χ0v) is 22.8. The Morgan fingerprint density at radius 1 is 1.11 bits per heavy atom. The molecular weight excluding hydrogens is 574 g/mol. The van der Waals surface area contributed by atoms with Gasteiger partial charge in [-0.2, -0.15) is 18.2 Å². The fraction of sp³-hybridized carbons (Fsp3) is 0.375. The number of anilines is 1. The van der Waals surface area contributed by atoms with Crippen molar-refractivity contribution in [2.75, 3.05) is 18.7 Å². The number of methoxy groups -OCH3 is 1. The van der Waals surface area contributed by atoms with Crippen LogP contribution in [0.1, 0.15) is 38.3 Å². The van der Waals surface area contributed by atoms with Crippen molar-refractivity contribution in [3.63, 3.8) is 0 Å². The summed E-state index contributed by atoms with van der Waals surface area (Å²) in [5, 5.41) is 4.41. The number of ether oxygens (including phenoxy) is 2. The fourth-order valence-electron chi connectivity index (χ4n) is 3.51. The predicted molar refractivity (Wildman–Crippen MR) is 137 cm³/mol. The lowest BCUT2D eigenvalue weighted by molar-refractivity contribution is -0.275. The minimum absolute atomic E-state index is 0.0123. The summed E-state index contributed by atoms with van der Waals surface area (Å²) in [7, 11) is 1.28. The minimum Gasteiger partial charge on any atom is -0.442 e. The number of carbonyl (C=O) groups is 2. The van der Waals surface area contributed by atoms with Gasteiger partial charge < -0.3 is 14.3 Å². The number of halogens is 6. The highest BCUT2D eigenvalue weighted by Crippen LogP contribution is 2.50. The molecule has 1 atom stereocenters. The van der Waals surface area contributed by atoms with Gasteiger partial charge in [0.05, 0.1) is 16.4 Å². The number of hydrogen-bond acceptors (Lipinski definition) is 6. The molecule has 3 rings (SSSR count). The lowest BCUT2D eigenvalue weighted by Crippen LogP contribution is -2.49. The van der Waals surface area contributed by atoms with Gasteiger partial charge in [-0.25, -0.2) is 4.79 Å². The van der Waals surface area contributed by atoms with Gasteiger partial charge in [-0.3, -0.25) is 10.2 Å². The first kappa shape index (κ1) is 29.8. The van der Waals surface area contributed by atoms with Crippen LogP contribution in [0.5, 0.6) is 0 Å². The van der Waals surface area contributed by atoms with Gasteiger partial charge in [0, 0.05) is 34.7 Å². The van der Waals surface area contributed by atoms with Crippen LogP contribution in [0.4, 0.5) is 23.7 Å². The van der Waals surface area contributed by atoms with Crippen LogP contribution in [0.2, 0.25) is 15.1 Å². The first-order valence-electron chi connectivity index (χ1n) is 11.0. The summed E-state index contributed by atoms with van der Waals surface area (Å²) in [6, 6.07) is 7.50. The van der Waals surface area contributed by atoms with Crippen LogP contribution in [-0.4, -0.2) is 43.2 Å². The monoisotopic (exact) mass is 595 g/mol. The van der Waals surface area contributed by atoms with Crippen LogP contribution >= 0.6 is 34.8 Å². The molecule has 2 aromatic carbocycles. The number of carbonyl (C=O) groups excluding carboxylic acids is 2. The van der Waals surface area contributed by atoms with Crippen LogP contribution in [0.3, 0.4) is 0 Å². The second-order valence-corrected chi connectivity index (χ2v) is 10.5. The standard InChI is InChI=1S/C24H23Cl3F3N3O5/c1-22(2,3)37-21(35)33(31-20(34)12-36-4)19-7-13(5-6-17(19)27)18-11-23(38-32-18,24(28,29)30)14-8-15(25)10-16(26)9-14/h5-10H,11-12H2,1-4H3,(H,31,34). The van der Waals surface area contributed by atoms with E-state index in [9.17, 15) is 22.8 Å². The predicted octanol–water partition coefficient (Wildman–Crippen LogP) is 6.65. The van der Waals surface area contributed by atoms with Crippen LogP contribution in [0.25, 0.3) is 0 Å². The van der Waals surface area contributed by atoms with Gasteiger partial charge in [-0.15, -0.1) is 0 Å². The Hall–Kier alpha value is -2.73. The van der Waals surface area contributed by atoms with E-state index in [2.05, 4.69) is 10.6 Å². The Bertz CT molecular complexity index is 1250. The molecule has 0 radical (unpaired) electrons. The summed E-state index contributed by atoms with van der Waals surface area (Å²) in [4.78, 5) is 30.2. The average molecular weight is 597 g/mol. The molecule has 1 heterocycles. The van der Waals surface area contributed by atoms with Crippen molar-refractivity contribution in [3.05, 3.63) is 62.6 Å². The Morgan fingerprint density at radius 2 is 1.74 bits per heavy atom. The number of nitrogens with one attached hydrogen (secondary N) is 1. The molecular formula is C24H23Cl3F3N3O5. The summed E-state index contributed by atoms with van der Waals surface area (Å²) in [5.74, 6) is -0.713. The topological polar surface area (TPSA) is 89.5 Å². The van der Waals surface area contributed by atoms with Gasteiger partial charge in [-0.1, -0.05) is 46.0 Å². The van der Waals surface area contributed by atoms with Crippen molar-refractivity contribution in [3.8, 4) is 0 Å². The van der Waals surface area contributed by atoms with E-state index in [0.29, 0.717) is 0 Å². The molecule has 1 aliphatic heterocycles. The van der Waals surface area contributed by atoms with Crippen molar-refractivity contribution in [2.45, 2.75) is 44.6 Å². The molecule has 14 heteroatoms. The van der Waals surface area contributed by atoms with Crippen LogP contribution < -0.4 is 10.4 Å². The first-order chi connectivity index (χ1) is 17.6. The Morgan fingerprint density at radius 3 is 2.29 bits per heavy atom. The molecule has 0 spiro atoms. The van der Waals surface area contributed by atoms with Crippen LogP contribution in [0, 0.1) is 0 Å². The highest BCUT2D eigenvalue weighted by Gasteiger charge is 2.62. The van der Waals surface area contributed by atoms with Crippen molar-refractivity contribution >= 4 is 58.2 Å². The quantitative estimate of drug-likeness (QED) is 0.391. The molecule has 0 fully saturated rings. The maximum Gasteiger partial charge on any atom is 0.435 e. The number of benzene rings is 2. The number of rotatable bonds is 5. The number of nitrogens with zero attached hydrogens (tertiary/aromatic N) is 2. The third kappa shape index (κ3) is 6.63. The summed E-state index contributed by atoms with van der Waals surface area (Å²) in [6.07, 6.45) is -6.64. The highest BCUT2D eigenvalue weighted by molar-refractivity contribution is 6.35. The summed E-state index contributed by atoms with van der Waals surface area (Å²) in [5.41, 5.74) is -1.88. The van der Waals surface area contributed by atoms with Crippen LogP contribution in [0.15, 0.2) is 41.6 Å². The van der Waals surface area contributed by atoms with Gasteiger partial charge >= 0.3 is 12.3 Å². The van der Waals surface area contributed by atoms with Crippen molar-refractivity contribution in [1.29, 1.82) is 0 Å². The Balaban J connectivity index is 2.03. The van der Waals surface area contributed by atoms with E-state index >= 15 is 0 Å². The molecule has 1 N–H and O–H groups in total. The van der Waals surface area contributed by atoms with Crippen LogP contribution in [-0.2, 0) is 24.7 Å². The molecule has 0 aliphatic carbocycles. The third-order valence-corrected chi connectivity index (χ3v) is 5.88. The summed E-state index contributed by atoms with van der Waals surface area (Å²) >= 11 is 18.2.